The zero-order valence-electron chi connectivity index (χ0n) is 52.6. The van der Waals surface area contributed by atoms with E-state index in [-0.39, 0.29) is 31.1 Å². The van der Waals surface area contributed by atoms with Crippen LogP contribution >= 0.6 is 0 Å². The molecule has 0 saturated heterocycles. The molecule has 0 bridgehead atoms. The van der Waals surface area contributed by atoms with Gasteiger partial charge >= 0.3 is 17.9 Å². The molecule has 0 amide bonds. The molecule has 0 aromatic heterocycles. The molecule has 6 heteroatoms. The average Bonchev–Trinajstić information content (AvgIpc) is 3.45. The minimum absolute atomic E-state index is 0.0772. The molecule has 0 fully saturated rings. The molecule has 0 aliphatic carbocycles. The highest BCUT2D eigenvalue weighted by atomic mass is 16.6. The Balaban J connectivity index is 4.36. The first-order chi connectivity index (χ1) is 39.0. The topological polar surface area (TPSA) is 78.9 Å². The molecule has 79 heavy (non-hydrogen) atoms. The first kappa shape index (κ1) is 75.8. The van der Waals surface area contributed by atoms with E-state index in [0.717, 1.165) is 83.5 Å². The van der Waals surface area contributed by atoms with E-state index in [1.165, 1.54) is 231 Å². The van der Waals surface area contributed by atoms with Crippen molar-refractivity contribution in [3.63, 3.8) is 0 Å². The quantitative estimate of drug-likeness (QED) is 0.0261. The second-order valence-corrected chi connectivity index (χ2v) is 23.1. The van der Waals surface area contributed by atoms with E-state index in [0.29, 0.717) is 19.3 Å². The van der Waals surface area contributed by atoms with Crippen LogP contribution in [0, 0.1) is 0 Å². The van der Waals surface area contributed by atoms with Gasteiger partial charge in [0.1, 0.15) is 13.2 Å². The average molecular weight is 1100 g/mol. The Hall–Kier alpha value is -3.15. The highest BCUT2D eigenvalue weighted by molar-refractivity contribution is 5.71. The van der Waals surface area contributed by atoms with Crippen molar-refractivity contribution in [2.24, 2.45) is 0 Å². The normalized spacial score (nSPS) is 12.5. The molecule has 6 nitrogen and oxygen atoms in total. The summed E-state index contributed by atoms with van der Waals surface area (Å²) in [6, 6.07) is 0. The van der Waals surface area contributed by atoms with Crippen molar-refractivity contribution in [2.75, 3.05) is 13.2 Å². The van der Waals surface area contributed by atoms with E-state index in [1.54, 1.807) is 0 Å². The van der Waals surface area contributed by atoms with Crippen LogP contribution in [0.1, 0.15) is 355 Å². The van der Waals surface area contributed by atoms with Crippen LogP contribution in [0.4, 0.5) is 0 Å². The fourth-order valence-electron chi connectivity index (χ4n) is 10.0. The molecule has 0 rings (SSSR count). The number of esters is 3. The van der Waals surface area contributed by atoms with Crippen LogP contribution in [0.3, 0.4) is 0 Å². The van der Waals surface area contributed by atoms with Crippen molar-refractivity contribution >= 4 is 17.9 Å². The van der Waals surface area contributed by atoms with Crippen molar-refractivity contribution in [3.8, 4) is 0 Å². The lowest BCUT2D eigenvalue weighted by atomic mass is 10.0. The zero-order chi connectivity index (χ0) is 57.1. The van der Waals surface area contributed by atoms with E-state index in [1.807, 2.05) is 0 Å². The number of carbonyl (C=O) groups is 3. The summed E-state index contributed by atoms with van der Waals surface area (Å²) in [4.78, 5) is 38.5. The van der Waals surface area contributed by atoms with Gasteiger partial charge < -0.3 is 14.2 Å². The van der Waals surface area contributed by atoms with Crippen LogP contribution in [0.2, 0.25) is 0 Å². The number of unbranched alkanes of at least 4 members (excludes halogenated alkanes) is 40. The van der Waals surface area contributed by atoms with E-state index in [4.69, 9.17) is 14.2 Å². The lowest BCUT2D eigenvalue weighted by molar-refractivity contribution is -0.167. The van der Waals surface area contributed by atoms with Crippen molar-refractivity contribution in [1.82, 2.24) is 0 Å². The van der Waals surface area contributed by atoms with Crippen molar-refractivity contribution in [1.29, 1.82) is 0 Å². The maximum atomic E-state index is 13.0. The highest BCUT2D eigenvalue weighted by Gasteiger charge is 2.19. The molecule has 0 radical (unpaired) electrons. The largest absolute Gasteiger partial charge is 0.462 e. The van der Waals surface area contributed by atoms with Gasteiger partial charge in [0.2, 0.25) is 0 Å². The Morgan fingerprint density at radius 3 is 0.785 bits per heavy atom. The van der Waals surface area contributed by atoms with Gasteiger partial charge in [-0.25, -0.2) is 0 Å². The fourth-order valence-corrected chi connectivity index (χ4v) is 10.0. The molecular weight excluding hydrogens is 973 g/mol. The molecule has 1 atom stereocenters. The molecule has 0 aliphatic heterocycles. The fraction of sp³-hybridized carbons (Fsp3) is 0.795. The SMILES string of the molecule is CC/C=C\C/C=C\C/C=C\C/C=C\CCCCCCCCCCCCC(=O)OCC(COC(=O)CCCCCCCCC/C=C\CCCCCCCC)OC(=O)CCCCCCCCCCC/C=C\CCCCCCCCCC. The van der Waals surface area contributed by atoms with Crippen LogP contribution in [-0.4, -0.2) is 37.2 Å². The third-order valence-electron chi connectivity index (χ3n) is 15.2. The maximum Gasteiger partial charge on any atom is 0.306 e. The summed E-state index contributed by atoms with van der Waals surface area (Å²) in [6.07, 6.45) is 87.7. The zero-order valence-corrected chi connectivity index (χ0v) is 52.6. The van der Waals surface area contributed by atoms with Gasteiger partial charge in [0, 0.05) is 19.3 Å². The standard InChI is InChI=1S/C73H130O6/c1-4-7-10-13-16-19-22-25-28-31-33-35-36-38-39-42-45-48-51-54-57-60-63-66-72(75)78-69-70(68-77-71(74)65-62-59-56-53-50-47-44-41-30-27-24-21-18-15-12-9-6-3)79-73(76)67-64-61-58-55-52-49-46-43-40-37-34-32-29-26-23-20-17-14-11-8-5-2/h7,10,16,19,25,27-28,30,32-35,70H,4-6,8-9,11-15,17-18,20-24,26,29,31,36-69H2,1-3H3/b10-7-,19-16-,28-25-,30-27-,34-32-,35-33-. The van der Waals surface area contributed by atoms with Gasteiger partial charge in [-0.2, -0.15) is 0 Å². The summed E-state index contributed by atoms with van der Waals surface area (Å²) in [5.41, 5.74) is 0. The first-order valence-electron chi connectivity index (χ1n) is 34.4. The maximum absolute atomic E-state index is 13.0. The smallest absolute Gasteiger partial charge is 0.306 e. The van der Waals surface area contributed by atoms with Gasteiger partial charge in [0.25, 0.3) is 0 Å². The number of rotatable bonds is 63. The molecule has 458 valence electrons. The lowest BCUT2D eigenvalue weighted by Crippen LogP contribution is -2.30. The van der Waals surface area contributed by atoms with Crippen LogP contribution in [-0.2, 0) is 28.6 Å². The second kappa shape index (κ2) is 67.4. The van der Waals surface area contributed by atoms with Gasteiger partial charge in [-0.05, 0) is 109 Å². The van der Waals surface area contributed by atoms with Crippen LogP contribution in [0.5, 0.6) is 0 Å². The summed E-state index contributed by atoms with van der Waals surface area (Å²) in [5, 5.41) is 0. The van der Waals surface area contributed by atoms with Crippen molar-refractivity contribution in [2.45, 2.75) is 361 Å². The predicted molar refractivity (Wildman–Crippen MR) is 344 cm³/mol. The van der Waals surface area contributed by atoms with E-state index in [9.17, 15) is 14.4 Å². The number of carbonyl (C=O) groups excluding carboxylic acids is 3. The third-order valence-corrected chi connectivity index (χ3v) is 15.2. The predicted octanol–water partition coefficient (Wildman–Crippen LogP) is 23.7. The summed E-state index contributed by atoms with van der Waals surface area (Å²) >= 11 is 0. The molecule has 0 spiro atoms. The summed E-state index contributed by atoms with van der Waals surface area (Å²) in [5.74, 6) is -0.868. The monoisotopic (exact) mass is 1100 g/mol. The molecule has 0 aromatic rings. The third kappa shape index (κ3) is 65.5. The minimum atomic E-state index is -0.782. The second-order valence-electron chi connectivity index (χ2n) is 23.1. The van der Waals surface area contributed by atoms with Crippen LogP contribution < -0.4 is 0 Å². The van der Waals surface area contributed by atoms with E-state index in [2.05, 4.69) is 93.7 Å². The number of hydrogen-bond donors (Lipinski definition) is 0. The van der Waals surface area contributed by atoms with Gasteiger partial charge in [-0.1, -0.05) is 299 Å². The van der Waals surface area contributed by atoms with Gasteiger partial charge in [0.15, 0.2) is 6.10 Å². The highest BCUT2D eigenvalue weighted by Crippen LogP contribution is 2.17. The number of allylic oxidation sites excluding steroid dienone is 12. The summed E-state index contributed by atoms with van der Waals surface area (Å²) in [6.45, 7) is 6.57. The Morgan fingerprint density at radius 2 is 0.494 bits per heavy atom. The summed E-state index contributed by atoms with van der Waals surface area (Å²) in [7, 11) is 0. The van der Waals surface area contributed by atoms with Crippen molar-refractivity contribution in [3.05, 3.63) is 72.9 Å². The molecule has 0 saturated carbocycles. The first-order valence-corrected chi connectivity index (χ1v) is 34.4. The Kier molecular flexibility index (Phi) is 64.7. The minimum Gasteiger partial charge on any atom is -0.462 e. The van der Waals surface area contributed by atoms with E-state index >= 15 is 0 Å². The summed E-state index contributed by atoms with van der Waals surface area (Å²) < 4.78 is 17.0. The van der Waals surface area contributed by atoms with Gasteiger partial charge in [-0.15, -0.1) is 0 Å². The Labute approximate surface area is 491 Å². The Morgan fingerprint density at radius 1 is 0.266 bits per heavy atom. The molecular formula is C73H130O6. The molecule has 1 unspecified atom stereocenters. The molecule has 0 aliphatic rings. The molecule has 0 N–H and O–H groups in total. The molecule has 0 aromatic carbocycles. The van der Waals surface area contributed by atoms with Crippen molar-refractivity contribution < 1.29 is 28.6 Å². The number of ether oxygens (including phenoxy) is 3. The number of hydrogen-bond acceptors (Lipinski definition) is 6. The van der Waals surface area contributed by atoms with Crippen LogP contribution in [0.15, 0.2) is 72.9 Å². The van der Waals surface area contributed by atoms with E-state index < -0.39 is 6.10 Å². The Bertz CT molecular complexity index is 1450. The molecule has 0 heterocycles. The lowest BCUT2D eigenvalue weighted by Gasteiger charge is -2.18. The van der Waals surface area contributed by atoms with Crippen LogP contribution in [0.25, 0.3) is 0 Å². The van der Waals surface area contributed by atoms with Gasteiger partial charge in [0.05, 0.1) is 0 Å². The van der Waals surface area contributed by atoms with Gasteiger partial charge in [-0.3, -0.25) is 14.4 Å².